The summed E-state index contributed by atoms with van der Waals surface area (Å²) in [5.74, 6) is 0.952. The molecule has 0 spiro atoms. The van der Waals surface area contributed by atoms with Crippen molar-refractivity contribution in [2.75, 3.05) is 18.5 Å². The molecule has 0 amide bonds. The molecule has 18 heavy (non-hydrogen) atoms. The summed E-state index contributed by atoms with van der Waals surface area (Å²) in [7, 11) is 2.09. The van der Waals surface area contributed by atoms with E-state index in [1.54, 1.807) is 0 Å². The molecule has 4 heteroatoms. The fourth-order valence-electron chi connectivity index (χ4n) is 1.95. The standard InChI is InChI=1S/C14H22N4/c1-10-16-12-6-5-11(9-13(12)17-10)18(4)8-7-14(2,3)15/h5-6,9H,7-8,15H2,1-4H3,(H,16,17). The molecule has 1 aromatic carbocycles. The van der Waals surface area contributed by atoms with Crippen molar-refractivity contribution >= 4 is 16.7 Å². The van der Waals surface area contributed by atoms with Crippen molar-refractivity contribution in [2.24, 2.45) is 5.73 Å². The summed E-state index contributed by atoms with van der Waals surface area (Å²) in [6.07, 6.45) is 0.962. The first-order valence-electron chi connectivity index (χ1n) is 6.31. The molecule has 4 nitrogen and oxygen atoms in total. The lowest BCUT2D eigenvalue weighted by atomic mass is 10.0. The van der Waals surface area contributed by atoms with Gasteiger partial charge in [0.2, 0.25) is 0 Å². The van der Waals surface area contributed by atoms with Gasteiger partial charge >= 0.3 is 0 Å². The zero-order valence-electron chi connectivity index (χ0n) is 11.6. The number of rotatable bonds is 4. The summed E-state index contributed by atoms with van der Waals surface area (Å²) >= 11 is 0. The van der Waals surface area contributed by atoms with Crippen LogP contribution < -0.4 is 10.6 Å². The molecule has 0 aliphatic carbocycles. The van der Waals surface area contributed by atoms with Crippen LogP contribution in [0, 0.1) is 6.92 Å². The summed E-state index contributed by atoms with van der Waals surface area (Å²) in [4.78, 5) is 9.89. The number of nitrogens with zero attached hydrogens (tertiary/aromatic N) is 2. The number of anilines is 1. The van der Waals surface area contributed by atoms with E-state index in [1.165, 1.54) is 5.69 Å². The number of H-pyrrole nitrogens is 1. The lowest BCUT2D eigenvalue weighted by Gasteiger charge is -2.25. The average molecular weight is 246 g/mol. The van der Waals surface area contributed by atoms with Gasteiger partial charge in [0.05, 0.1) is 11.0 Å². The first-order chi connectivity index (χ1) is 8.35. The Morgan fingerprint density at radius 1 is 1.39 bits per heavy atom. The van der Waals surface area contributed by atoms with E-state index in [0.29, 0.717) is 0 Å². The van der Waals surface area contributed by atoms with Crippen molar-refractivity contribution < 1.29 is 0 Å². The smallest absolute Gasteiger partial charge is 0.104 e. The second kappa shape index (κ2) is 4.61. The molecule has 0 radical (unpaired) electrons. The maximum Gasteiger partial charge on any atom is 0.104 e. The number of imidazole rings is 1. The van der Waals surface area contributed by atoms with Gasteiger partial charge in [-0.1, -0.05) is 0 Å². The third-order valence-electron chi connectivity index (χ3n) is 3.12. The van der Waals surface area contributed by atoms with E-state index < -0.39 is 0 Å². The molecule has 1 heterocycles. The molecule has 0 aliphatic heterocycles. The molecule has 98 valence electrons. The lowest BCUT2D eigenvalue weighted by molar-refractivity contribution is 0.479. The van der Waals surface area contributed by atoms with Crippen LogP contribution in [0.2, 0.25) is 0 Å². The highest BCUT2D eigenvalue weighted by Gasteiger charge is 2.12. The summed E-state index contributed by atoms with van der Waals surface area (Å²) < 4.78 is 0. The minimum absolute atomic E-state index is 0.122. The van der Waals surface area contributed by atoms with E-state index in [9.17, 15) is 0 Å². The first-order valence-corrected chi connectivity index (χ1v) is 6.31. The Kier molecular flexibility index (Phi) is 3.30. The van der Waals surface area contributed by atoms with E-state index in [4.69, 9.17) is 5.73 Å². The molecule has 0 aliphatic rings. The Bertz CT molecular complexity index is 536. The summed E-state index contributed by atoms with van der Waals surface area (Å²) in [5.41, 5.74) is 9.19. The number of hydrogen-bond donors (Lipinski definition) is 2. The molecule has 0 unspecified atom stereocenters. The van der Waals surface area contributed by atoms with Crippen LogP contribution in [0.15, 0.2) is 18.2 Å². The predicted octanol–water partition coefficient (Wildman–Crippen LogP) is 2.43. The van der Waals surface area contributed by atoms with Crippen molar-refractivity contribution in [3.05, 3.63) is 24.0 Å². The Hall–Kier alpha value is -1.55. The Labute approximate surface area is 108 Å². The summed E-state index contributed by atoms with van der Waals surface area (Å²) in [5, 5.41) is 0. The number of hydrogen-bond acceptors (Lipinski definition) is 3. The van der Waals surface area contributed by atoms with Crippen LogP contribution in [0.3, 0.4) is 0 Å². The van der Waals surface area contributed by atoms with Crippen molar-refractivity contribution in [3.8, 4) is 0 Å². The minimum Gasteiger partial charge on any atom is -0.374 e. The van der Waals surface area contributed by atoms with Crippen LogP contribution >= 0.6 is 0 Å². The monoisotopic (exact) mass is 246 g/mol. The SMILES string of the molecule is Cc1nc2ccc(N(C)CCC(C)(C)N)cc2[nH]1. The molecule has 0 saturated carbocycles. The molecular weight excluding hydrogens is 224 g/mol. The molecular formula is C14H22N4. The van der Waals surface area contributed by atoms with Crippen LogP contribution in [0.25, 0.3) is 11.0 Å². The lowest BCUT2D eigenvalue weighted by Crippen LogP contribution is -2.36. The van der Waals surface area contributed by atoms with Crippen LogP contribution in [0.5, 0.6) is 0 Å². The predicted molar refractivity (Wildman–Crippen MR) is 77.0 cm³/mol. The second-order valence-electron chi connectivity index (χ2n) is 5.68. The highest BCUT2D eigenvalue weighted by Crippen LogP contribution is 2.20. The number of nitrogens with two attached hydrogens (primary N) is 1. The summed E-state index contributed by atoms with van der Waals surface area (Å²) in [6.45, 7) is 7.03. The fourth-order valence-corrected chi connectivity index (χ4v) is 1.95. The molecule has 1 aromatic heterocycles. The van der Waals surface area contributed by atoms with Gasteiger partial charge in [-0.15, -0.1) is 0 Å². The molecule has 0 atom stereocenters. The molecule has 0 fully saturated rings. The Morgan fingerprint density at radius 2 is 2.11 bits per heavy atom. The Balaban J connectivity index is 2.14. The molecule has 3 N–H and O–H groups in total. The third kappa shape index (κ3) is 3.01. The number of benzene rings is 1. The first kappa shape index (κ1) is 12.9. The second-order valence-corrected chi connectivity index (χ2v) is 5.68. The number of aromatic nitrogens is 2. The maximum atomic E-state index is 6.01. The summed E-state index contributed by atoms with van der Waals surface area (Å²) in [6, 6.07) is 6.29. The van der Waals surface area contributed by atoms with Gasteiger partial charge in [-0.25, -0.2) is 4.98 Å². The van der Waals surface area contributed by atoms with E-state index in [2.05, 4.69) is 54.0 Å². The molecule has 2 rings (SSSR count). The number of aromatic amines is 1. The molecule has 0 saturated heterocycles. The van der Waals surface area contributed by atoms with Gasteiger partial charge in [0.15, 0.2) is 0 Å². The van der Waals surface area contributed by atoms with Crippen LogP contribution in [0.4, 0.5) is 5.69 Å². The van der Waals surface area contributed by atoms with Gasteiger partial charge in [-0.3, -0.25) is 0 Å². The van der Waals surface area contributed by atoms with E-state index in [0.717, 1.165) is 29.8 Å². The van der Waals surface area contributed by atoms with Crippen molar-refractivity contribution in [1.82, 2.24) is 9.97 Å². The van der Waals surface area contributed by atoms with Crippen LogP contribution in [-0.2, 0) is 0 Å². The minimum atomic E-state index is -0.122. The van der Waals surface area contributed by atoms with E-state index in [-0.39, 0.29) is 5.54 Å². The Morgan fingerprint density at radius 3 is 2.78 bits per heavy atom. The van der Waals surface area contributed by atoms with Crippen molar-refractivity contribution in [2.45, 2.75) is 32.7 Å². The van der Waals surface area contributed by atoms with Gasteiger partial charge in [-0.05, 0) is 45.4 Å². The van der Waals surface area contributed by atoms with Gasteiger partial charge < -0.3 is 15.6 Å². The molecule has 2 aromatic rings. The zero-order chi connectivity index (χ0) is 13.3. The molecule has 0 bridgehead atoms. The number of nitrogens with one attached hydrogen (secondary N) is 1. The topological polar surface area (TPSA) is 57.9 Å². The van der Waals surface area contributed by atoms with Crippen LogP contribution in [-0.4, -0.2) is 29.1 Å². The van der Waals surface area contributed by atoms with Gasteiger partial charge in [0.1, 0.15) is 5.82 Å². The quantitative estimate of drug-likeness (QED) is 0.871. The number of fused-ring (bicyclic) bond motifs is 1. The fraction of sp³-hybridized carbons (Fsp3) is 0.500. The highest BCUT2D eigenvalue weighted by molar-refractivity contribution is 5.79. The highest BCUT2D eigenvalue weighted by atomic mass is 15.1. The van der Waals surface area contributed by atoms with Crippen molar-refractivity contribution in [1.29, 1.82) is 0 Å². The van der Waals surface area contributed by atoms with E-state index >= 15 is 0 Å². The number of aryl methyl sites for hydroxylation is 1. The van der Waals surface area contributed by atoms with Gasteiger partial charge in [0.25, 0.3) is 0 Å². The normalized spacial score (nSPS) is 12.1. The largest absolute Gasteiger partial charge is 0.374 e. The third-order valence-corrected chi connectivity index (χ3v) is 3.12. The zero-order valence-corrected chi connectivity index (χ0v) is 11.6. The van der Waals surface area contributed by atoms with Crippen molar-refractivity contribution in [3.63, 3.8) is 0 Å². The van der Waals surface area contributed by atoms with Crippen LogP contribution in [0.1, 0.15) is 26.1 Å². The average Bonchev–Trinajstić information content (AvgIpc) is 2.63. The van der Waals surface area contributed by atoms with Gasteiger partial charge in [-0.2, -0.15) is 0 Å². The maximum absolute atomic E-state index is 6.01. The van der Waals surface area contributed by atoms with E-state index in [1.807, 2.05) is 6.92 Å². The van der Waals surface area contributed by atoms with Gasteiger partial charge in [0, 0.05) is 24.8 Å².